The number of esters is 1. The third kappa shape index (κ3) is 6.87. The number of carbonyl (C=O) groups is 3. The van der Waals surface area contributed by atoms with Crippen molar-refractivity contribution in [1.82, 2.24) is 9.88 Å². The van der Waals surface area contributed by atoms with E-state index in [1.54, 1.807) is 0 Å². The van der Waals surface area contributed by atoms with Gasteiger partial charge < -0.3 is 9.22 Å². The van der Waals surface area contributed by atoms with E-state index in [0.29, 0.717) is 30.7 Å². The van der Waals surface area contributed by atoms with Gasteiger partial charge >= 0.3 is 5.97 Å². The fourth-order valence-electron chi connectivity index (χ4n) is 6.82. The molecule has 0 bridgehead atoms. The van der Waals surface area contributed by atoms with Crippen molar-refractivity contribution in [3.05, 3.63) is 65.7 Å². The zero-order chi connectivity index (χ0) is 29.2. The van der Waals surface area contributed by atoms with Crippen LogP contribution in [0.3, 0.4) is 0 Å². The van der Waals surface area contributed by atoms with Crippen LogP contribution in [0.4, 0.5) is 0 Å². The van der Waals surface area contributed by atoms with Gasteiger partial charge in [-0.1, -0.05) is 38.1 Å². The van der Waals surface area contributed by atoms with Crippen LogP contribution in [0.25, 0.3) is 10.8 Å². The summed E-state index contributed by atoms with van der Waals surface area (Å²) in [6, 6.07) is 11.4. The van der Waals surface area contributed by atoms with Gasteiger partial charge in [0.1, 0.15) is 11.9 Å². The Morgan fingerprint density at radius 2 is 1.68 bits per heavy atom. The van der Waals surface area contributed by atoms with Gasteiger partial charge in [0.2, 0.25) is 6.33 Å². The molecule has 2 aliphatic heterocycles. The number of aryl methyl sites for hydroxylation is 1. The maximum Gasteiger partial charge on any atom is 0.306 e. The van der Waals surface area contributed by atoms with Crippen LogP contribution in [0, 0.1) is 11.3 Å². The molecule has 1 unspecified atom stereocenters. The van der Waals surface area contributed by atoms with Gasteiger partial charge in [0.05, 0.1) is 46.8 Å². The van der Waals surface area contributed by atoms with Crippen molar-refractivity contribution in [3.63, 3.8) is 0 Å². The molecule has 5 rings (SSSR count). The summed E-state index contributed by atoms with van der Waals surface area (Å²) in [5.74, 6) is -0.176. The number of H-pyrrole nitrogens is 1. The highest BCUT2D eigenvalue weighted by Gasteiger charge is 2.38. The predicted octanol–water partition coefficient (Wildman–Crippen LogP) is 4.52. The standard InChI is InChI=1S/C33H43N4O4/c1-33(2,21-36-31(39)27-13-9-11-25-12-10-14-28(30(25)27)32(36)40)22-37(3,4)16-8-6-5-7-15-35-19-26(34-23-35)17-24-18-29(38)41-20-24/h9-14,19,23-24H,5-8,15-18,20-22H2,1-4H3/q+1/p+1. The molecule has 3 heterocycles. The van der Waals surface area contributed by atoms with Crippen molar-refractivity contribution >= 4 is 28.6 Å². The molecule has 0 radical (unpaired) electrons. The number of aromatic nitrogens is 2. The quantitative estimate of drug-likeness (QED) is 0.110. The average molecular weight is 561 g/mol. The van der Waals surface area contributed by atoms with Crippen molar-refractivity contribution in [3.8, 4) is 0 Å². The van der Waals surface area contributed by atoms with Gasteiger partial charge in [0.25, 0.3) is 11.8 Å². The lowest BCUT2D eigenvalue weighted by molar-refractivity contribution is -0.896. The van der Waals surface area contributed by atoms with Crippen LogP contribution < -0.4 is 4.57 Å². The Labute approximate surface area is 242 Å². The van der Waals surface area contributed by atoms with Crippen LogP contribution in [0.15, 0.2) is 48.9 Å². The van der Waals surface area contributed by atoms with Gasteiger partial charge in [-0.05, 0) is 43.2 Å². The number of amides is 2. The number of imidazole rings is 1. The van der Waals surface area contributed by atoms with Crippen molar-refractivity contribution < 1.29 is 28.2 Å². The highest BCUT2D eigenvalue weighted by Crippen LogP contribution is 2.32. The first-order chi connectivity index (χ1) is 19.5. The first kappa shape index (κ1) is 29.0. The van der Waals surface area contributed by atoms with E-state index >= 15 is 0 Å². The SMILES string of the molecule is CC(C)(CN1C(=O)c2cccc3cccc(c23)C1=O)C[N+](C)(C)CCCCCC[n+]1c[nH]c(CC2COC(=O)C2)c1. The molecule has 0 aliphatic carbocycles. The molecule has 1 saturated heterocycles. The maximum atomic E-state index is 13.4. The lowest BCUT2D eigenvalue weighted by atomic mass is 9.88. The van der Waals surface area contributed by atoms with E-state index in [0.717, 1.165) is 59.8 Å². The van der Waals surface area contributed by atoms with Crippen LogP contribution >= 0.6 is 0 Å². The maximum absolute atomic E-state index is 13.4. The first-order valence-corrected chi connectivity index (χ1v) is 14.9. The Hall–Kier alpha value is -3.52. The van der Waals surface area contributed by atoms with Crippen LogP contribution in [0.5, 0.6) is 0 Å². The summed E-state index contributed by atoms with van der Waals surface area (Å²) in [6.45, 7) is 8.16. The molecule has 0 spiro atoms. The summed E-state index contributed by atoms with van der Waals surface area (Å²) in [7, 11) is 4.50. The number of hydrogen-bond acceptors (Lipinski definition) is 4. The summed E-state index contributed by atoms with van der Waals surface area (Å²) < 4.78 is 8.12. The Balaban J connectivity index is 1.06. The monoisotopic (exact) mass is 560 g/mol. The van der Waals surface area contributed by atoms with Crippen LogP contribution in [-0.2, 0) is 22.5 Å². The first-order valence-electron chi connectivity index (χ1n) is 14.9. The van der Waals surface area contributed by atoms with Crippen LogP contribution in [-0.4, -0.2) is 72.5 Å². The van der Waals surface area contributed by atoms with Crippen molar-refractivity contribution in [2.24, 2.45) is 11.3 Å². The summed E-state index contributed by atoms with van der Waals surface area (Å²) in [4.78, 5) is 42.9. The largest absolute Gasteiger partial charge is 0.465 e. The minimum atomic E-state index is -0.227. The molecule has 1 fully saturated rings. The molecular weight excluding hydrogens is 516 g/mol. The average Bonchev–Trinajstić information content (AvgIpc) is 3.54. The second kappa shape index (κ2) is 11.8. The second-order valence-electron chi connectivity index (χ2n) is 13.4. The van der Waals surface area contributed by atoms with E-state index in [1.165, 1.54) is 17.7 Å². The zero-order valence-electron chi connectivity index (χ0n) is 24.9. The minimum absolute atomic E-state index is 0.0868. The lowest BCUT2D eigenvalue weighted by Crippen LogP contribution is -2.52. The number of nitrogens with zero attached hydrogens (tertiary/aromatic N) is 3. The molecule has 41 heavy (non-hydrogen) atoms. The molecule has 218 valence electrons. The molecular formula is C33H44N4O4+2. The van der Waals surface area contributed by atoms with Gasteiger partial charge in [0.15, 0.2) is 0 Å². The molecule has 3 aromatic rings. The molecule has 2 aliphatic rings. The molecule has 1 atom stereocenters. The fourth-order valence-corrected chi connectivity index (χ4v) is 6.82. The van der Waals surface area contributed by atoms with Crippen LogP contribution in [0.1, 0.15) is 72.4 Å². The number of unbranched alkanes of at least 4 members (excludes halogenated alkanes) is 3. The summed E-state index contributed by atoms with van der Waals surface area (Å²) in [5, 5.41) is 1.71. The number of ether oxygens (including phenoxy) is 1. The number of cyclic esters (lactones) is 1. The van der Waals surface area contributed by atoms with Crippen molar-refractivity contribution in [1.29, 1.82) is 0 Å². The van der Waals surface area contributed by atoms with Crippen molar-refractivity contribution in [2.45, 2.75) is 58.9 Å². The summed E-state index contributed by atoms with van der Waals surface area (Å²) >= 11 is 0. The molecule has 1 N–H and O–H groups in total. The van der Waals surface area contributed by atoms with Gasteiger partial charge in [-0.2, -0.15) is 0 Å². The molecule has 2 aromatic carbocycles. The van der Waals surface area contributed by atoms with Crippen LogP contribution in [0.2, 0.25) is 0 Å². The smallest absolute Gasteiger partial charge is 0.306 e. The van der Waals surface area contributed by atoms with E-state index < -0.39 is 0 Å². The lowest BCUT2D eigenvalue weighted by Gasteiger charge is -2.40. The number of carbonyl (C=O) groups excluding carboxylic acids is 3. The number of imide groups is 1. The highest BCUT2D eigenvalue weighted by molar-refractivity contribution is 6.25. The third-order valence-electron chi connectivity index (χ3n) is 8.41. The van der Waals surface area contributed by atoms with Gasteiger partial charge in [-0.3, -0.25) is 19.3 Å². The minimum Gasteiger partial charge on any atom is -0.465 e. The Bertz CT molecular complexity index is 1390. The predicted molar refractivity (Wildman–Crippen MR) is 157 cm³/mol. The molecule has 2 amide bonds. The highest BCUT2D eigenvalue weighted by atomic mass is 16.5. The topological polar surface area (TPSA) is 83.3 Å². The fraction of sp³-hybridized carbons (Fsp3) is 0.515. The summed E-state index contributed by atoms with van der Waals surface area (Å²) in [5.41, 5.74) is 2.17. The second-order valence-corrected chi connectivity index (χ2v) is 13.4. The third-order valence-corrected chi connectivity index (χ3v) is 8.41. The van der Waals surface area contributed by atoms with E-state index in [2.05, 4.69) is 43.7 Å². The van der Waals surface area contributed by atoms with E-state index in [1.807, 2.05) is 42.7 Å². The number of benzene rings is 2. The number of aromatic amines is 1. The molecule has 8 nitrogen and oxygen atoms in total. The molecule has 0 saturated carbocycles. The van der Waals surface area contributed by atoms with Gasteiger partial charge in [0, 0.05) is 40.8 Å². The van der Waals surface area contributed by atoms with E-state index in [9.17, 15) is 14.4 Å². The molecule has 1 aromatic heterocycles. The number of hydrogen-bond donors (Lipinski definition) is 1. The molecule has 8 heteroatoms. The van der Waals surface area contributed by atoms with Crippen molar-refractivity contribution in [2.75, 3.05) is 40.3 Å². The van der Waals surface area contributed by atoms with Gasteiger partial charge in [-0.15, -0.1) is 0 Å². The normalized spacial score (nSPS) is 17.5. The Morgan fingerprint density at radius 3 is 2.34 bits per heavy atom. The van der Waals surface area contributed by atoms with E-state index in [4.69, 9.17) is 4.74 Å². The summed E-state index contributed by atoms with van der Waals surface area (Å²) in [6.07, 6.45) is 10.2. The van der Waals surface area contributed by atoms with Gasteiger partial charge in [-0.25, -0.2) is 9.55 Å². The number of nitrogens with one attached hydrogen (secondary N) is 1. The Morgan fingerprint density at radius 1 is 1.00 bits per heavy atom. The van der Waals surface area contributed by atoms with E-state index in [-0.39, 0.29) is 29.1 Å². The number of quaternary nitrogens is 1. The Kier molecular flexibility index (Phi) is 8.32. The zero-order valence-corrected chi connectivity index (χ0v) is 24.9. The number of rotatable bonds is 13.